The summed E-state index contributed by atoms with van der Waals surface area (Å²) < 4.78 is 5.98. The molecule has 23 heavy (non-hydrogen) atoms. The highest BCUT2D eigenvalue weighted by Gasteiger charge is 2.77. The molecule has 0 aromatic carbocycles. The Kier molecular flexibility index (Phi) is 3.45. The van der Waals surface area contributed by atoms with E-state index in [1.165, 1.54) is 0 Å². The molecular weight excluding hydrogens is 288 g/mol. The maximum atomic E-state index is 12.9. The van der Waals surface area contributed by atoms with Gasteiger partial charge in [0.15, 0.2) is 5.78 Å². The van der Waals surface area contributed by atoms with Crippen molar-refractivity contribution in [2.75, 3.05) is 0 Å². The van der Waals surface area contributed by atoms with Crippen molar-refractivity contribution in [2.24, 2.45) is 28.1 Å². The summed E-state index contributed by atoms with van der Waals surface area (Å²) in [4.78, 5) is 25.3. The lowest BCUT2D eigenvalue weighted by atomic mass is 9.61. The van der Waals surface area contributed by atoms with E-state index in [4.69, 9.17) is 4.74 Å². The van der Waals surface area contributed by atoms with E-state index < -0.39 is 5.41 Å². The van der Waals surface area contributed by atoms with E-state index in [9.17, 15) is 9.59 Å². The van der Waals surface area contributed by atoms with Crippen molar-refractivity contribution in [1.29, 1.82) is 0 Å². The number of esters is 1. The minimum atomic E-state index is -0.638. The molecule has 3 aliphatic carbocycles. The molecule has 0 radical (unpaired) electrons. The molecule has 0 amide bonds. The maximum Gasteiger partial charge on any atom is 0.333 e. The second-order valence-corrected chi connectivity index (χ2v) is 8.44. The van der Waals surface area contributed by atoms with Gasteiger partial charge in [0.2, 0.25) is 0 Å². The largest absolute Gasteiger partial charge is 0.457 e. The van der Waals surface area contributed by atoms with Crippen LogP contribution < -0.4 is 0 Å². The highest BCUT2D eigenvalue weighted by molar-refractivity contribution is 6.00. The van der Waals surface area contributed by atoms with Gasteiger partial charge in [-0.15, -0.1) is 0 Å². The van der Waals surface area contributed by atoms with E-state index in [0.29, 0.717) is 17.4 Å². The van der Waals surface area contributed by atoms with E-state index in [0.717, 1.165) is 12.8 Å². The van der Waals surface area contributed by atoms with Crippen LogP contribution in [0.1, 0.15) is 54.4 Å². The quantitative estimate of drug-likeness (QED) is 0.569. The molecular formula is C20H28O3. The highest BCUT2D eigenvalue weighted by atomic mass is 16.5. The lowest BCUT2D eigenvalue weighted by Crippen LogP contribution is -2.49. The number of allylic oxidation sites excluding steroid dienone is 3. The van der Waals surface area contributed by atoms with Crippen LogP contribution in [0.5, 0.6) is 0 Å². The first-order chi connectivity index (χ1) is 10.6. The van der Waals surface area contributed by atoms with Crippen molar-refractivity contribution in [3.63, 3.8) is 0 Å². The normalized spacial score (nSPS) is 44.3. The summed E-state index contributed by atoms with van der Waals surface area (Å²) in [5, 5.41) is 0. The Morgan fingerprint density at radius 3 is 2.57 bits per heavy atom. The number of rotatable bonds is 2. The molecule has 0 N–H and O–H groups in total. The van der Waals surface area contributed by atoms with Gasteiger partial charge in [-0.1, -0.05) is 32.9 Å². The molecule has 3 heteroatoms. The molecule has 3 rings (SSSR count). The zero-order valence-electron chi connectivity index (χ0n) is 15.1. The van der Waals surface area contributed by atoms with Gasteiger partial charge in [0.05, 0.1) is 5.41 Å². The lowest BCUT2D eigenvalue weighted by molar-refractivity contribution is -0.162. The highest BCUT2D eigenvalue weighted by Crippen LogP contribution is 2.75. The van der Waals surface area contributed by atoms with Gasteiger partial charge in [-0.05, 0) is 51.5 Å². The van der Waals surface area contributed by atoms with E-state index in [-0.39, 0.29) is 28.7 Å². The fourth-order valence-corrected chi connectivity index (χ4v) is 6.02. The fraction of sp³-hybridized carbons (Fsp3) is 0.700. The summed E-state index contributed by atoms with van der Waals surface area (Å²) in [5.74, 6) is 0.638. The topological polar surface area (TPSA) is 43.4 Å². The van der Waals surface area contributed by atoms with Crippen LogP contribution in [0, 0.1) is 28.1 Å². The molecule has 5 atom stereocenters. The third kappa shape index (κ3) is 1.71. The fourth-order valence-electron chi connectivity index (χ4n) is 6.02. The van der Waals surface area contributed by atoms with Crippen LogP contribution in [0.2, 0.25) is 0 Å². The van der Waals surface area contributed by atoms with Gasteiger partial charge in [-0.25, -0.2) is 4.79 Å². The number of carbonyl (C=O) groups is 2. The molecule has 126 valence electrons. The Labute approximate surface area is 139 Å². The minimum Gasteiger partial charge on any atom is -0.457 e. The average molecular weight is 316 g/mol. The zero-order chi connectivity index (χ0) is 17.2. The standard InChI is InChI=1S/C20H28O3/c1-7-12(2)16(22)23-17-18(4,5)14-9-8-13(3)20(14)11-10-15(21)19(17,20)6/h7,10-11,13-14,17H,8-9H2,1-6H3/b12-7+/t13-,14+,17+,19+,20-/m1/s1. The number of carbonyl (C=O) groups excluding carboxylic acids is 2. The van der Waals surface area contributed by atoms with Crippen LogP contribution in [0.15, 0.2) is 23.8 Å². The second kappa shape index (κ2) is 4.81. The van der Waals surface area contributed by atoms with Gasteiger partial charge >= 0.3 is 5.97 Å². The van der Waals surface area contributed by atoms with Crippen molar-refractivity contribution in [1.82, 2.24) is 0 Å². The van der Waals surface area contributed by atoms with E-state index >= 15 is 0 Å². The molecule has 3 nitrogen and oxygen atoms in total. The molecule has 0 aliphatic heterocycles. The van der Waals surface area contributed by atoms with Gasteiger partial charge in [0.25, 0.3) is 0 Å². The Hall–Kier alpha value is -1.38. The van der Waals surface area contributed by atoms with Crippen LogP contribution in [0.3, 0.4) is 0 Å². The van der Waals surface area contributed by atoms with Crippen LogP contribution in [-0.4, -0.2) is 17.9 Å². The summed E-state index contributed by atoms with van der Waals surface area (Å²) in [7, 11) is 0. The van der Waals surface area contributed by atoms with Crippen LogP contribution in [0.4, 0.5) is 0 Å². The average Bonchev–Trinajstić information content (AvgIpc) is 3.02. The maximum absolute atomic E-state index is 12.9. The summed E-state index contributed by atoms with van der Waals surface area (Å²) in [5.41, 5.74) is -0.408. The number of ether oxygens (including phenoxy) is 1. The molecule has 1 spiro atoms. The molecule has 0 aromatic rings. The van der Waals surface area contributed by atoms with Gasteiger partial charge in [0.1, 0.15) is 6.10 Å². The molecule has 0 saturated heterocycles. The SMILES string of the molecule is C/C=C(\C)C(=O)O[C@H]1C(C)(C)[C@@H]2CC[C@@H](C)[C@]23C=CC(=O)[C@@]13C. The molecule has 0 aromatic heterocycles. The Morgan fingerprint density at radius 2 is 1.96 bits per heavy atom. The molecule has 0 bridgehead atoms. The first-order valence-corrected chi connectivity index (χ1v) is 8.71. The molecule has 3 aliphatic rings. The molecule has 2 fully saturated rings. The van der Waals surface area contributed by atoms with Crippen molar-refractivity contribution < 1.29 is 14.3 Å². The Balaban J connectivity index is 2.10. The van der Waals surface area contributed by atoms with Gasteiger partial charge in [0, 0.05) is 16.4 Å². The zero-order valence-corrected chi connectivity index (χ0v) is 15.1. The summed E-state index contributed by atoms with van der Waals surface area (Å²) in [6.45, 7) is 12.2. The smallest absolute Gasteiger partial charge is 0.333 e. The Morgan fingerprint density at radius 1 is 1.30 bits per heavy atom. The third-order valence-electron chi connectivity index (χ3n) is 7.28. The minimum absolute atomic E-state index is 0.123. The van der Waals surface area contributed by atoms with Crippen molar-refractivity contribution in [3.05, 3.63) is 23.8 Å². The predicted octanol–water partition coefficient (Wildman–Crippen LogP) is 4.08. The lowest BCUT2D eigenvalue weighted by Gasteiger charge is -2.42. The van der Waals surface area contributed by atoms with Crippen LogP contribution in [-0.2, 0) is 14.3 Å². The number of ketones is 1. The number of hydrogen-bond acceptors (Lipinski definition) is 3. The molecule has 2 saturated carbocycles. The van der Waals surface area contributed by atoms with Crippen LogP contribution in [0.25, 0.3) is 0 Å². The van der Waals surface area contributed by atoms with Gasteiger partial charge in [-0.3, -0.25) is 4.79 Å². The number of hydrogen-bond donors (Lipinski definition) is 0. The summed E-state index contributed by atoms with van der Waals surface area (Å²) >= 11 is 0. The monoisotopic (exact) mass is 316 g/mol. The van der Waals surface area contributed by atoms with Crippen molar-refractivity contribution in [3.8, 4) is 0 Å². The van der Waals surface area contributed by atoms with E-state index in [1.54, 1.807) is 19.1 Å². The van der Waals surface area contributed by atoms with E-state index in [2.05, 4.69) is 26.8 Å². The van der Waals surface area contributed by atoms with Crippen LogP contribution >= 0.6 is 0 Å². The predicted molar refractivity (Wildman–Crippen MR) is 89.7 cm³/mol. The van der Waals surface area contributed by atoms with Gasteiger partial charge < -0.3 is 4.74 Å². The molecule has 0 heterocycles. The second-order valence-electron chi connectivity index (χ2n) is 8.44. The third-order valence-corrected chi connectivity index (χ3v) is 7.28. The first-order valence-electron chi connectivity index (χ1n) is 8.71. The Bertz CT molecular complexity index is 627. The van der Waals surface area contributed by atoms with Crippen molar-refractivity contribution in [2.45, 2.75) is 60.5 Å². The van der Waals surface area contributed by atoms with Crippen molar-refractivity contribution >= 4 is 11.8 Å². The summed E-state index contributed by atoms with van der Waals surface area (Å²) in [6, 6.07) is 0. The molecule has 0 unspecified atom stereocenters. The van der Waals surface area contributed by atoms with Gasteiger partial charge in [-0.2, -0.15) is 0 Å². The van der Waals surface area contributed by atoms with E-state index in [1.807, 2.05) is 13.8 Å². The first kappa shape index (κ1) is 16.5. The summed E-state index contributed by atoms with van der Waals surface area (Å²) in [6.07, 6.45) is 7.50.